The van der Waals surface area contributed by atoms with Crippen molar-refractivity contribution in [3.05, 3.63) is 66.0 Å². The number of carbonyl (C=O) groups excluding carboxylic acids is 1. The zero-order valence-corrected chi connectivity index (χ0v) is 19.5. The average molecular weight is 434 g/mol. The summed E-state index contributed by atoms with van der Waals surface area (Å²) in [5.74, 6) is 0.875. The Morgan fingerprint density at radius 2 is 1.78 bits per heavy atom. The van der Waals surface area contributed by atoms with Crippen molar-refractivity contribution < 1.29 is 4.79 Å². The second kappa shape index (κ2) is 12.2. The van der Waals surface area contributed by atoms with Crippen molar-refractivity contribution in [2.45, 2.75) is 76.8 Å². The molecule has 1 aromatic heterocycles. The SMILES string of the molecule is O=C(CCCc1ccccc1)N(Cc1cccnc1)CC1CCCN(C2CCCCC2)C1. The van der Waals surface area contributed by atoms with Crippen molar-refractivity contribution in [3.8, 4) is 0 Å². The fourth-order valence-electron chi connectivity index (χ4n) is 5.55. The van der Waals surface area contributed by atoms with Crippen molar-refractivity contribution in [2.75, 3.05) is 19.6 Å². The smallest absolute Gasteiger partial charge is 0.222 e. The molecule has 1 saturated carbocycles. The standard InChI is InChI=1S/C28H39N3O/c32-28(17-7-12-24-10-3-1-4-11-24)31(21-25-13-8-18-29-20-25)23-26-14-9-19-30(22-26)27-15-5-2-6-16-27/h1,3-4,8,10-11,13,18,20,26-27H,2,5-7,9,12,14-17,19,21-23H2. The Morgan fingerprint density at radius 3 is 2.56 bits per heavy atom. The summed E-state index contributed by atoms with van der Waals surface area (Å²) in [6.07, 6.45) is 15.6. The number of carbonyl (C=O) groups is 1. The summed E-state index contributed by atoms with van der Waals surface area (Å²) in [4.78, 5) is 22.4. The molecule has 4 nitrogen and oxygen atoms in total. The fourth-order valence-corrected chi connectivity index (χ4v) is 5.55. The second-order valence-electron chi connectivity index (χ2n) is 9.77. The van der Waals surface area contributed by atoms with E-state index in [0.717, 1.165) is 37.5 Å². The summed E-state index contributed by atoms with van der Waals surface area (Å²) in [7, 11) is 0. The van der Waals surface area contributed by atoms with Crippen LogP contribution in [0.2, 0.25) is 0 Å². The Labute approximate surface area is 194 Å². The molecular formula is C28H39N3O. The first-order valence-electron chi connectivity index (χ1n) is 12.7. The molecule has 1 aliphatic heterocycles. The monoisotopic (exact) mass is 433 g/mol. The maximum Gasteiger partial charge on any atom is 0.222 e. The zero-order chi connectivity index (χ0) is 22.0. The van der Waals surface area contributed by atoms with Crippen LogP contribution in [0.1, 0.15) is 68.9 Å². The highest BCUT2D eigenvalue weighted by Crippen LogP contribution is 2.28. The van der Waals surface area contributed by atoms with E-state index in [4.69, 9.17) is 0 Å². The number of aromatic nitrogens is 1. The van der Waals surface area contributed by atoms with Crippen molar-refractivity contribution >= 4 is 5.91 Å². The molecule has 2 aliphatic rings. The maximum atomic E-state index is 13.3. The molecule has 4 heteroatoms. The van der Waals surface area contributed by atoms with Gasteiger partial charge in [0.15, 0.2) is 0 Å². The van der Waals surface area contributed by atoms with E-state index in [1.165, 1.54) is 57.1 Å². The van der Waals surface area contributed by atoms with Crippen LogP contribution in [0.4, 0.5) is 0 Å². The lowest BCUT2D eigenvalue weighted by atomic mass is 9.90. The Balaban J connectivity index is 1.35. The van der Waals surface area contributed by atoms with Gasteiger partial charge in [0.05, 0.1) is 0 Å². The van der Waals surface area contributed by atoms with Crippen LogP contribution < -0.4 is 0 Å². The third-order valence-corrected chi connectivity index (χ3v) is 7.27. The average Bonchev–Trinajstić information content (AvgIpc) is 2.86. The number of rotatable bonds is 9. The second-order valence-corrected chi connectivity index (χ2v) is 9.77. The molecule has 1 aromatic carbocycles. The third kappa shape index (κ3) is 6.90. The minimum absolute atomic E-state index is 0.291. The van der Waals surface area contributed by atoms with Gasteiger partial charge in [-0.25, -0.2) is 0 Å². The number of piperidine rings is 1. The van der Waals surface area contributed by atoms with Crippen LogP contribution in [-0.4, -0.2) is 46.4 Å². The predicted octanol–water partition coefficient (Wildman–Crippen LogP) is 5.48. The molecule has 1 saturated heterocycles. The van der Waals surface area contributed by atoms with Gasteiger partial charge in [-0.05, 0) is 68.2 Å². The first kappa shape index (κ1) is 23.0. The van der Waals surface area contributed by atoms with Gasteiger partial charge >= 0.3 is 0 Å². The molecule has 1 atom stereocenters. The lowest BCUT2D eigenvalue weighted by molar-refractivity contribution is -0.133. The van der Waals surface area contributed by atoms with E-state index < -0.39 is 0 Å². The lowest BCUT2D eigenvalue weighted by Crippen LogP contribution is -2.47. The normalized spacial score (nSPS) is 20.2. The minimum atomic E-state index is 0.291. The summed E-state index contributed by atoms with van der Waals surface area (Å²) in [6.45, 7) is 3.96. The topological polar surface area (TPSA) is 36.4 Å². The van der Waals surface area contributed by atoms with Gasteiger partial charge in [0, 0.05) is 44.5 Å². The Hall–Kier alpha value is -2.20. The number of amides is 1. The summed E-state index contributed by atoms with van der Waals surface area (Å²) >= 11 is 0. The summed E-state index contributed by atoms with van der Waals surface area (Å²) < 4.78 is 0. The molecule has 0 radical (unpaired) electrons. The highest BCUT2D eigenvalue weighted by Gasteiger charge is 2.29. The van der Waals surface area contributed by atoms with Crippen LogP contribution in [0.25, 0.3) is 0 Å². The van der Waals surface area contributed by atoms with E-state index in [1.54, 1.807) is 6.20 Å². The van der Waals surface area contributed by atoms with Crippen molar-refractivity contribution in [2.24, 2.45) is 5.92 Å². The Bertz CT molecular complexity index is 804. The van der Waals surface area contributed by atoms with E-state index in [2.05, 4.69) is 45.1 Å². The highest BCUT2D eigenvalue weighted by atomic mass is 16.2. The van der Waals surface area contributed by atoms with E-state index in [0.29, 0.717) is 24.8 Å². The van der Waals surface area contributed by atoms with Crippen LogP contribution >= 0.6 is 0 Å². The van der Waals surface area contributed by atoms with Crippen LogP contribution in [-0.2, 0) is 17.8 Å². The van der Waals surface area contributed by atoms with Gasteiger partial charge in [-0.2, -0.15) is 0 Å². The molecule has 2 aromatic rings. The van der Waals surface area contributed by atoms with Crippen molar-refractivity contribution in [3.63, 3.8) is 0 Å². The van der Waals surface area contributed by atoms with Crippen molar-refractivity contribution in [1.29, 1.82) is 0 Å². The lowest BCUT2D eigenvalue weighted by Gasteiger charge is -2.41. The maximum absolute atomic E-state index is 13.3. The number of hydrogen-bond acceptors (Lipinski definition) is 3. The molecule has 1 unspecified atom stereocenters. The molecule has 0 bridgehead atoms. The number of benzene rings is 1. The van der Waals surface area contributed by atoms with Crippen LogP contribution in [0.3, 0.4) is 0 Å². The zero-order valence-electron chi connectivity index (χ0n) is 19.5. The van der Waals surface area contributed by atoms with Gasteiger partial charge < -0.3 is 9.80 Å². The molecule has 32 heavy (non-hydrogen) atoms. The van der Waals surface area contributed by atoms with Crippen molar-refractivity contribution in [1.82, 2.24) is 14.8 Å². The van der Waals surface area contributed by atoms with Gasteiger partial charge in [-0.1, -0.05) is 55.7 Å². The number of nitrogens with zero attached hydrogens (tertiary/aromatic N) is 3. The molecule has 0 spiro atoms. The van der Waals surface area contributed by atoms with E-state index >= 15 is 0 Å². The summed E-state index contributed by atoms with van der Waals surface area (Å²) in [6, 6.07) is 15.3. The number of pyridine rings is 1. The van der Waals surface area contributed by atoms with E-state index in [9.17, 15) is 4.79 Å². The van der Waals surface area contributed by atoms with Gasteiger partial charge in [0.1, 0.15) is 0 Å². The summed E-state index contributed by atoms with van der Waals surface area (Å²) in [5, 5.41) is 0. The molecule has 1 amide bonds. The Kier molecular flexibility index (Phi) is 8.72. The van der Waals surface area contributed by atoms with E-state index in [-0.39, 0.29) is 0 Å². The molecular weight excluding hydrogens is 394 g/mol. The first-order valence-corrected chi connectivity index (χ1v) is 12.7. The molecule has 172 valence electrons. The van der Waals surface area contributed by atoms with Crippen LogP contribution in [0, 0.1) is 5.92 Å². The summed E-state index contributed by atoms with van der Waals surface area (Å²) in [5.41, 5.74) is 2.44. The molecule has 2 heterocycles. The molecule has 1 aliphatic carbocycles. The number of aryl methyl sites for hydroxylation is 1. The molecule has 2 fully saturated rings. The largest absolute Gasteiger partial charge is 0.338 e. The van der Waals surface area contributed by atoms with Crippen LogP contribution in [0.5, 0.6) is 0 Å². The van der Waals surface area contributed by atoms with Gasteiger partial charge in [0.2, 0.25) is 5.91 Å². The van der Waals surface area contributed by atoms with Gasteiger partial charge in [-0.15, -0.1) is 0 Å². The number of hydrogen-bond donors (Lipinski definition) is 0. The van der Waals surface area contributed by atoms with Gasteiger partial charge in [0.25, 0.3) is 0 Å². The minimum Gasteiger partial charge on any atom is -0.338 e. The third-order valence-electron chi connectivity index (χ3n) is 7.27. The first-order chi connectivity index (χ1) is 15.8. The molecule has 4 rings (SSSR count). The van der Waals surface area contributed by atoms with Crippen LogP contribution in [0.15, 0.2) is 54.9 Å². The fraction of sp³-hybridized carbons (Fsp3) is 0.571. The quantitative estimate of drug-likeness (QED) is 0.525. The van der Waals surface area contributed by atoms with Gasteiger partial charge in [-0.3, -0.25) is 9.78 Å². The highest BCUT2D eigenvalue weighted by molar-refractivity contribution is 5.76. The Morgan fingerprint density at radius 1 is 0.969 bits per heavy atom. The molecule has 0 N–H and O–H groups in total. The van der Waals surface area contributed by atoms with E-state index in [1.807, 2.05) is 18.3 Å². The predicted molar refractivity (Wildman–Crippen MR) is 130 cm³/mol. The number of likely N-dealkylation sites (tertiary alicyclic amines) is 1.